The van der Waals surface area contributed by atoms with Crippen LogP contribution in [-0.2, 0) is 4.79 Å². The molecule has 0 saturated heterocycles. The number of nitrogens with zero attached hydrogens (tertiary/aromatic N) is 2. The molecule has 18 heavy (non-hydrogen) atoms. The average molecular weight is 249 g/mol. The number of hydrogen-bond donors (Lipinski definition) is 1. The molecule has 1 aromatic rings. The van der Waals surface area contributed by atoms with Crippen molar-refractivity contribution in [2.24, 2.45) is 5.41 Å². The van der Waals surface area contributed by atoms with E-state index in [9.17, 15) is 4.79 Å². The Kier molecular flexibility index (Phi) is 4.12. The Labute approximate surface area is 107 Å². The van der Waals surface area contributed by atoms with Gasteiger partial charge in [0.2, 0.25) is 5.91 Å². The van der Waals surface area contributed by atoms with E-state index in [2.05, 4.69) is 16.5 Å². The number of amides is 1. The first-order valence-electron chi connectivity index (χ1n) is 6.00. The zero-order chi connectivity index (χ0) is 13.9. The maximum atomic E-state index is 12.1. The maximum Gasteiger partial charge on any atom is 0.240 e. The molecule has 2 atom stereocenters. The van der Waals surface area contributed by atoms with Crippen LogP contribution in [0, 0.1) is 30.6 Å². The molecule has 0 radical (unpaired) electrons. The summed E-state index contributed by atoms with van der Waals surface area (Å²) in [6.45, 7) is 8.96. The highest BCUT2D eigenvalue weighted by Gasteiger charge is 2.32. The van der Waals surface area contributed by atoms with Crippen molar-refractivity contribution >= 4 is 5.91 Å². The molecule has 1 aromatic heterocycles. The van der Waals surface area contributed by atoms with Crippen molar-refractivity contribution in [1.82, 2.24) is 10.5 Å². The van der Waals surface area contributed by atoms with Gasteiger partial charge in [-0.1, -0.05) is 12.1 Å². The van der Waals surface area contributed by atoms with Gasteiger partial charge in [-0.25, -0.2) is 0 Å². The van der Waals surface area contributed by atoms with Crippen molar-refractivity contribution in [3.63, 3.8) is 0 Å². The summed E-state index contributed by atoms with van der Waals surface area (Å²) in [5, 5.41) is 15.8. The third-order valence-corrected chi connectivity index (χ3v) is 3.32. The summed E-state index contributed by atoms with van der Waals surface area (Å²) in [6.07, 6.45) is 0.476. The van der Waals surface area contributed by atoms with E-state index < -0.39 is 5.41 Å². The molecule has 0 aliphatic rings. The third-order valence-electron chi connectivity index (χ3n) is 3.32. The summed E-state index contributed by atoms with van der Waals surface area (Å²) in [5.41, 5.74) is 0.642. The number of carbonyl (C=O) groups is 1. The van der Waals surface area contributed by atoms with E-state index in [1.54, 1.807) is 13.8 Å². The fourth-order valence-electron chi connectivity index (χ4n) is 1.83. The number of rotatable bonds is 4. The summed E-state index contributed by atoms with van der Waals surface area (Å²) in [7, 11) is 0. The highest BCUT2D eigenvalue weighted by Crippen LogP contribution is 2.25. The van der Waals surface area contributed by atoms with Gasteiger partial charge in [0.1, 0.15) is 11.2 Å². The Balaban J connectivity index is 2.87. The number of aryl methyl sites for hydroxylation is 2. The predicted octanol–water partition coefficient (Wildman–Crippen LogP) is 2.41. The van der Waals surface area contributed by atoms with E-state index in [-0.39, 0.29) is 11.9 Å². The minimum Gasteiger partial charge on any atom is -0.361 e. The lowest BCUT2D eigenvalue weighted by atomic mass is 9.88. The molecular weight excluding hydrogens is 230 g/mol. The Hall–Kier alpha value is -1.83. The van der Waals surface area contributed by atoms with Gasteiger partial charge in [0, 0.05) is 5.56 Å². The molecule has 1 heterocycles. The van der Waals surface area contributed by atoms with E-state index in [4.69, 9.17) is 9.78 Å². The number of nitriles is 1. The molecule has 1 N–H and O–H groups in total. The monoisotopic (exact) mass is 249 g/mol. The minimum atomic E-state index is -0.993. The van der Waals surface area contributed by atoms with Crippen molar-refractivity contribution in [2.75, 3.05) is 0 Å². The molecule has 0 aliphatic carbocycles. The molecule has 0 spiro atoms. The second-order valence-corrected chi connectivity index (χ2v) is 4.73. The van der Waals surface area contributed by atoms with E-state index in [1.807, 2.05) is 20.8 Å². The van der Waals surface area contributed by atoms with Crippen molar-refractivity contribution in [1.29, 1.82) is 5.26 Å². The second-order valence-electron chi connectivity index (χ2n) is 4.73. The Morgan fingerprint density at radius 2 is 2.22 bits per heavy atom. The van der Waals surface area contributed by atoms with Gasteiger partial charge in [-0.05, 0) is 34.1 Å². The lowest BCUT2D eigenvalue weighted by Gasteiger charge is -2.22. The lowest BCUT2D eigenvalue weighted by Crippen LogP contribution is -2.39. The van der Waals surface area contributed by atoms with Gasteiger partial charge in [0.05, 0.1) is 17.8 Å². The highest BCUT2D eigenvalue weighted by molar-refractivity contribution is 5.85. The summed E-state index contributed by atoms with van der Waals surface area (Å²) in [6, 6.07) is 1.84. The number of aromatic nitrogens is 1. The normalized spacial score (nSPS) is 15.6. The molecule has 5 nitrogen and oxygen atoms in total. The summed E-state index contributed by atoms with van der Waals surface area (Å²) in [5.74, 6) is 0.426. The molecule has 0 aliphatic heterocycles. The largest absolute Gasteiger partial charge is 0.361 e. The average Bonchev–Trinajstić information content (AvgIpc) is 2.67. The molecule has 0 bridgehead atoms. The van der Waals surface area contributed by atoms with Crippen LogP contribution in [0.25, 0.3) is 0 Å². The Morgan fingerprint density at radius 1 is 1.61 bits per heavy atom. The first kappa shape index (κ1) is 14.2. The summed E-state index contributed by atoms with van der Waals surface area (Å²) >= 11 is 0. The standard InChI is InChI=1S/C13H19N3O2/c1-6-13(5,7-14)12(17)15-8(2)11-9(3)16-18-10(11)4/h8H,6H2,1-5H3,(H,15,17). The molecule has 0 fully saturated rings. The van der Waals surface area contributed by atoms with Crippen LogP contribution < -0.4 is 5.32 Å². The molecular formula is C13H19N3O2. The van der Waals surface area contributed by atoms with E-state index >= 15 is 0 Å². The molecule has 1 rings (SSSR count). The van der Waals surface area contributed by atoms with Crippen molar-refractivity contribution in [3.05, 3.63) is 17.0 Å². The van der Waals surface area contributed by atoms with Gasteiger partial charge in [-0.15, -0.1) is 0 Å². The molecule has 98 valence electrons. The fraction of sp³-hybridized carbons (Fsp3) is 0.615. The number of nitrogens with one attached hydrogen (secondary N) is 1. The van der Waals surface area contributed by atoms with Gasteiger partial charge in [0.25, 0.3) is 0 Å². The van der Waals surface area contributed by atoms with Gasteiger partial charge in [-0.3, -0.25) is 4.79 Å². The number of carbonyl (C=O) groups excluding carboxylic acids is 1. The summed E-state index contributed by atoms with van der Waals surface area (Å²) < 4.78 is 5.07. The van der Waals surface area contributed by atoms with E-state index in [0.29, 0.717) is 12.2 Å². The van der Waals surface area contributed by atoms with Crippen molar-refractivity contribution in [2.45, 2.75) is 47.1 Å². The van der Waals surface area contributed by atoms with Gasteiger partial charge >= 0.3 is 0 Å². The lowest BCUT2D eigenvalue weighted by molar-refractivity contribution is -0.128. The van der Waals surface area contributed by atoms with E-state index in [0.717, 1.165) is 11.3 Å². The first-order chi connectivity index (χ1) is 8.35. The van der Waals surface area contributed by atoms with Gasteiger partial charge in [-0.2, -0.15) is 5.26 Å². The molecule has 2 unspecified atom stereocenters. The molecule has 1 amide bonds. The topological polar surface area (TPSA) is 78.9 Å². The summed E-state index contributed by atoms with van der Waals surface area (Å²) in [4.78, 5) is 12.1. The van der Waals surface area contributed by atoms with Crippen molar-refractivity contribution in [3.8, 4) is 6.07 Å². The molecule has 5 heteroatoms. The maximum absolute atomic E-state index is 12.1. The SMILES string of the molecule is CCC(C)(C#N)C(=O)NC(C)c1c(C)noc1C. The van der Waals surface area contributed by atoms with Gasteiger partial charge in [0.15, 0.2) is 0 Å². The van der Waals surface area contributed by atoms with Crippen LogP contribution in [0.5, 0.6) is 0 Å². The van der Waals surface area contributed by atoms with Crippen LogP contribution in [0.15, 0.2) is 4.52 Å². The quantitative estimate of drug-likeness (QED) is 0.888. The van der Waals surface area contributed by atoms with Crippen LogP contribution in [0.2, 0.25) is 0 Å². The zero-order valence-electron chi connectivity index (χ0n) is 11.5. The van der Waals surface area contributed by atoms with Crippen LogP contribution >= 0.6 is 0 Å². The zero-order valence-corrected chi connectivity index (χ0v) is 11.5. The molecule has 0 aromatic carbocycles. The Morgan fingerprint density at radius 3 is 2.61 bits per heavy atom. The van der Waals surface area contributed by atoms with Gasteiger partial charge < -0.3 is 9.84 Å². The first-order valence-corrected chi connectivity index (χ1v) is 6.00. The minimum absolute atomic E-state index is 0.219. The van der Waals surface area contributed by atoms with Crippen LogP contribution in [0.4, 0.5) is 0 Å². The fourth-order valence-corrected chi connectivity index (χ4v) is 1.83. The third kappa shape index (κ3) is 2.53. The van der Waals surface area contributed by atoms with E-state index in [1.165, 1.54) is 0 Å². The van der Waals surface area contributed by atoms with Crippen LogP contribution in [0.3, 0.4) is 0 Å². The predicted molar refractivity (Wildman–Crippen MR) is 66.5 cm³/mol. The Bertz CT molecular complexity index is 467. The highest BCUT2D eigenvalue weighted by atomic mass is 16.5. The van der Waals surface area contributed by atoms with Crippen LogP contribution in [-0.4, -0.2) is 11.1 Å². The molecule has 0 saturated carbocycles. The smallest absolute Gasteiger partial charge is 0.240 e. The number of hydrogen-bond acceptors (Lipinski definition) is 4. The second kappa shape index (κ2) is 5.21. The van der Waals surface area contributed by atoms with Crippen molar-refractivity contribution < 1.29 is 9.32 Å². The van der Waals surface area contributed by atoms with Crippen LogP contribution in [0.1, 0.15) is 50.3 Å².